The predicted molar refractivity (Wildman–Crippen MR) is 127 cm³/mol. The zero-order valence-corrected chi connectivity index (χ0v) is 20.5. The Morgan fingerprint density at radius 3 is 2.38 bits per heavy atom. The third-order valence-electron chi connectivity index (χ3n) is 5.03. The SMILES string of the molecule is COc1cc(Cc2nnc3sc(/C=C/c4ccc(F)cc4)nn23)c(S(=O)(=O)N(C)C)cc1OC. The van der Waals surface area contributed by atoms with Crippen LogP contribution in [-0.4, -0.2) is 60.8 Å². The van der Waals surface area contributed by atoms with Gasteiger partial charge in [-0.3, -0.25) is 0 Å². The molecule has 9 nitrogen and oxygen atoms in total. The maximum atomic E-state index is 13.1. The summed E-state index contributed by atoms with van der Waals surface area (Å²) in [6, 6.07) is 9.18. The Bertz CT molecular complexity index is 1460. The van der Waals surface area contributed by atoms with Crippen molar-refractivity contribution in [1.29, 1.82) is 0 Å². The van der Waals surface area contributed by atoms with Gasteiger partial charge < -0.3 is 9.47 Å². The van der Waals surface area contributed by atoms with Gasteiger partial charge in [0.25, 0.3) is 0 Å². The summed E-state index contributed by atoms with van der Waals surface area (Å²) in [6.45, 7) is 0. The van der Waals surface area contributed by atoms with Crippen LogP contribution in [0.25, 0.3) is 17.1 Å². The molecule has 0 radical (unpaired) electrons. The summed E-state index contributed by atoms with van der Waals surface area (Å²) in [4.78, 5) is 0.643. The summed E-state index contributed by atoms with van der Waals surface area (Å²) in [5, 5.41) is 13.6. The summed E-state index contributed by atoms with van der Waals surface area (Å²) in [5.41, 5.74) is 1.30. The van der Waals surface area contributed by atoms with E-state index < -0.39 is 10.0 Å². The molecule has 4 aromatic rings. The number of aromatic nitrogens is 4. The van der Waals surface area contributed by atoms with Crippen molar-refractivity contribution in [2.75, 3.05) is 28.3 Å². The van der Waals surface area contributed by atoms with Crippen molar-refractivity contribution < 1.29 is 22.3 Å². The van der Waals surface area contributed by atoms with E-state index in [9.17, 15) is 12.8 Å². The van der Waals surface area contributed by atoms with Gasteiger partial charge in [0.15, 0.2) is 17.3 Å². The molecule has 0 saturated carbocycles. The minimum atomic E-state index is -3.77. The minimum Gasteiger partial charge on any atom is -0.493 e. The number of sulfonamides is 1. The highest BCUT2D eigenvalue weighted by atomic mass is 32.2. The van der Waals surface area contributed by atoms with Crippen molar-refractivity contribution in [2.45, 2.75) is 11.3 Å². The molecule has 0 spiro atoms. The van der Waals surface area contributed by atoms with E-state index in [0.717, 1.165) is 9.87 Å². The third-order valence-corrected chi connectivity index (χ3v) is 7.79. The van der Waals surface area contributed by atoms with Crippen LogP contribution in [0.5, 0.6) is 11.5 Å². The van der Waals surface area contributed by atoms with Gasteiger partial charge in [0.05, 0.1) is 19.1 Å². The molecule has 2 aromatic carbocycles. The highest BCUT2D eigenvalue weighted by Crippen LogP contribution is 2.34. The Labute approximate surface area is 200 Å². The van der Waals surface area contributed by atoms with E-state index in [1.54, 1.807) is 28.8 Å². The molecule has 0 aliphatic carbocycles. The fourth-order valence-corrected chi connectivity index (χ4v) is 5.11. The number of nitrogens with zero attached hydrogens (tertiary/aromatic N) is 5. The minimum absolute atomic E-state index is 0.0820. The van der Waals surface area contributed by atoms with Crippen LogP contribution < -0.4 is 9.47 Å². The second kappa shape index (κ2) is 9.49. The summed E-state index contributed by atoms with van der Waals surface area (Å²) in [7, 11) is 2.08. The van der Waals surface area contributed by atoms with Crippen LogP contribution in [0.1, 0.15) is 22.0 Å². The van der Waals surface area contributed by atoms with Crippen molar-refractivity contribution in [1.82, 2.24) is 24.1 Å². The van der Waals surface area contributed by atoms with Gasteiger partial charge in [-0.05, 0) is 35.4 Å². The fraction of sp³-hybridized carbons (Fsp3) is 0.227. The molecular weight excluding hydrogens is 481 g/mol. The number of ether oxygens (including phenoxy) is 2. The van der Waals surface area contributed by atoms with E-state index in [-0.39, 0.29) is 17.1 Å². The lowest BCUT2D eigenvalue weighted by molar-refractivity contribution is 0.353. The largest absolute Gasteiger partial charge is 0.493 e. The lowest BCUT2D eigenvalue weighted by atomic mass is 10.1. The number of halogens is 1. The highest BCUT2D eigenvalue weighted by molar-refractivity contribution is 7.89. The lowest BCUT2D eigenvalue weighted by Crippen LogP contribution is -2.23. The third kappa shape index (κ3) is 4.65. The number of benzene rings is 2. The maximum Gasteiger partial charge on any atom is 0.242 e. The van der Waals surface area contributed by atoms with E-state index in [2.05, 4.69) is 15.3 Å². The first-order valence-corrected chi connectivity index (χ1v) is 12.3. The molecule has 178 valence electrons. The van der Waals surface area contributed by atoms with E-state index in [4.69, 9.17) is 9.47 Å². The van der Waals surface area contributed by atoms with Crippen LogP contribution in [0.15, 0.2) is 41.3 Å². The van der Waals surface area contributed by atoms with Crippen molar-refractivity contribution in [3.63, 3.8) is 0 Å². The van der Waals surface area contributed by atoms with Gasteiger partial charge in [-0.2, -0.15) is 9.61 Å². The fourth-order valence-electron chi connectivity index (χ4n) is 3.24. The molecule has 34 heavy (non-hydrogen) atoms. The molecule has 0 saturated heterocycles. The monoisotopic (exact) mass is 503 g/mol. The van der Waals surface area contributed by atoms with Gasteiger partial charge in [-0.15, -0.1) is 10.2 Å². The topological polar surface area (TPSA) is 98.9 Å². The number of methoxy groups -OCH3 is 2. The van der Waals surface area contributed by atoms with Gasteiger partial charge in [0, 0.05) is 26.6 Å². The molecule has 0 fully saturated rings. The van der Waals surface area contributed by atoms with Crippen LogP contribution in [0.3, 0.4) is 0 Å². The van der Waals surface area contributed by atoms with Crippen molar-refractivity contribution in [2.24, 2.45) is 0 Å². The Morgan fingerprint density at radius 2 is 1.74 bits per heavy atom. The molecule has 0 bridgehead atoms. The smallest absolute Gasteiger partial charge is 0.242 e. The number of rotatable bonds is 8. The Kier molecular flexibility index (Phi) is 6.64. The molecule has 12 heteroatoms. The second-order valence-corrected chi connectivity index (χ2v) is 10.5. The number of hydrogen-bond donors (Lipinski definition) is 0. The van der Waals surface area contributed by atoms with E-state index in [1.165, 1.54) is 57.9 Å². The van der Waals surface area contributed by atoms with Crippen LogP contribution in [0, 0.1) is 5.82 Å². The first-order valence-electron chi connectivity index (χ1n) is 10.0. The van der Waals surface area contributed by atoms with Gasteiger partial charge in [0.2, 0.25) is 15.0 Å². The zero-order chi connectivity index (χ0) is 24.5. The lowest BCUT2D eigenvalue weighted by Gasteiger charge is -2.17. The summed E-state index contributed by atoms with van der Waals surface area (Å²) < 4.78 is 52.5. The quantitative estimate of drug-likeness (QED) is 0.364. The Balaban J connectivity index is 1.71. The molecule has 0 unspecified atom stereocenters. The molecule has 0 atom stereocenters. The maximum absolute atomic E-state index is 13.1. The molecular formula is C22H22FN5O4S2. The molecule has 4 rings (SSSR count). The zero-order valence-electron chi connectivity index (χ0n) is 18.9. The average Bonchev–Trinajstić information content (AvgIpc) is 3.39. The highest BCUT2D eigenvalue weighted by Gasteiger charge is 2.25. The summed E-state index contributed by atoms with van der Waals surface area (Å²) in [5.74, 6) is 0.874. The Morgan fingerprint density at radius 1 is 1.06 bits per heavy atom. The standard InChI is InChI=1S/C22H22FN5O4S2/c1-27(2)34(29,30)19-13-18(32-4)17(31-3)11-15(19)12-20-24-25-22-28(20)26-21(33-22)10-7-14-5-8-16(23)9-6-14/h5-11,13H,12H2,1-4H3/b10-7+. The van der Waals surface area contributed by atoms with Crippen LogP contribution in [0.4, 0.5) is 4.39 Å². The molecule has 0 amide bonds. The number of fused-ring (bicyclic) bond motifs is 1. The van der Waals surface area contributed by atoms with E-state index in [1.807, 2.05) is 6.08 Å². The van der Waals surface area contributed by atoms with Crippen molar-refractivity contribution >= 4 is 38.5 Å². The first kappa shape index (κ1) is 23.8. The van der Waals surface area contributed by atoms with Gasteiger partial charge in [0.1, 0.15) is 10.8 Å². The molecule has 0 aliphatic rings. The van der Waals surface area contributed by atoms with Crippen LogP contribution in [-0.2, 0) is 16.4 Å². The Hall–Kier alpha value is -3.35. The van der Waals surface area contributed by atoms with E-state index >= 15 is 0 Å². The van der Waals surface area contributed by atoms with Crippen molar-refractivity contribution in [3.05, 3.63) is 64.2 Å². The molecule has 2 aromatic heterocycles. The number of hydrogen-bond acceptors (Lipinski definition) is 8. The van der Waals surface area contributed by atoms with Crippen LogP contribution in [0.2, 0.25) is 0 Å². The summed E-state index contributed by atoms with van der Waals surface area (Å²) in [6.07, 6.45) is 3.77. The first-order chi connectivity index (χ1) is 16.2. The van der Waals surface area contributed by atoms with Gasteiger partial charge in [-0.25, -0.2) is 17.1 Å². The van der Waals surface area contributed by atoms with Gasteiger partial charge in [-0.1, -0.05) is 29.5 Å². The second-order valence-electron chi connectivity index (χ2n) is 7.41. The van der Waals surface area contributed by atoms with Crippen molar-refractivity contribution in [3.8, 4) is 11.5 Å². The summed E-state index contributed by atoms with van der Waals surface area (Å²) >= 11 is 1.33. The normalized spacial score (nSPS) is 12.2. The molecule has 0 aliphatic heterocycles. The van der Waals surface area contributed by atoms with E-state index in [0.29, 0.717) is 32.9 Å². The van der Waals surface area contributed by atoms with Crippen LogP contribution >= 0.6 is 11.3 Å². The molecule has 0 N–H and O–H groups in total. The van der Waals surface area contributed by atoms with Gasteiger partial charge >= 0.3 is 0 Å². The molecule has 2 heterocycles. The predicted octanol–water partition coefficient (Wildman–Crippen LogP) is 3.35. The average molecular weight is 504 g/mol.